The molecule has 2 fully saturated rings. The van der Waals surface area contributed by atoms with Crippen molar-refractivity contribution < 1.29 is 4.79 Å². The van der Waals surface area contributed by atoms with Crippen LogP contribution in [-0.2, 0) is 4.79 Å². The SMILES string of the molecule is CC1(C)CCCC1C(=O)NCC1CCC(N)CC1. The Morgan fingerprint density at radius 1 is 1.22 bits per heavy atom. The van der Waals surface area contributed by atoms with Crippen LogP contribution >= 0.6 is 0 Å². The number of hydrogen-bond acceptors (Lipinski definition) is 2. The lowest BCUT2D eigenvalue weighted by Gasteiger charge is -2.29. The zero-order chi connectivity index (χ0) is 13.2. The van der Waals surface area contributed by atoms with E-state index in [1.54, 1.807) is 0 Å². The molecule has 18 heavy (non-hydrogen) atoms. The van der Waals surface area contributed by atoms with Gasteiger partial charge in [-0.25, -0.2) is 0 Å². The van der Waals surface area contributed by atoms with Crippen LogP contribution in [0.25, 0.3) is 0 Å². The van der Waals surface area contributed by atoms with Gasteiger partial charge in [-0.15, -0.1) is 0 Å². The van der Waals surface area contributed by atoms with E-state index in [2.05, 4.69) is 19.2 Å². The van der Waals surface area contributed by atoms with E-state index in [1.807, 2.05) is 0 Å². The van der Waals surface area contributed by atoms with Crippen molar-refractivity contribution >= 4 is 5.91 Å². The van der Waals surface area contributed by atoms with Gasteiger partial charge in [-0.3, -0.25) is 4.79 Å². The fourth-order valence-corrected chi connectivity index (χ4v) is 3.57. The molecule has 104 valence electrons. The predicted octanol–water partition coefficient (Wildman–Crippen LogP) is 2.45. The van der Waals surface area contributed by atoms with E-state index in [0.717, 1.165) is 25.8 Å². The van der Waals surface area contributed by atoms with Crippen molar-refractivity contribution in [2.75, 3.05) is 6.54 Å². The molecule has 1 unspecified atom stereocenters. The fourth-order valence-electron chi connectivity index (χ4n) is 3.57. The molecule has 3 nitrogen and oxygen atoms in total. The number of hydrogen-bond donors (Lipinski definition) is 2. The van der Waals surface area contributed by atoms with Gasteiger partial charge in [-0.05, 0) is 49.9 Å². The molecule has 2 saturated carbocycles. The summed E-state index contributed by atoms with van der Waals surface area (Å²) in [5.74, 6) is 1.16. The smallest absolute Gasteiger partial charge is 0.223 e. The van der Waals surface area contributed by atoms with E-state index >= 15 is 0 Å². The van der Waals surface area contributed by atoms with Crippen LogP contribution in [0.3, 0.4) is 0 Å². The lowest BCUT2D eigenvalue weighted by Crippen LogP contribution is -2.40. The molecular formula is C15H28N2O. The zero-order valence-electron chi connectivity index (χ0n) is 11.9. The molecule has 2 aliphatic carbocycles. The summed E-state index contributed by atoms with van der Waals surface area (Å²) in [7, 11) is 0. The normalized spacial score (nSPS) is 35.4. The highest BCUT2D eigenvalue weighted by atomic mass is 16.1. The molecular weight excluding hydrogens is 224 g/mol. The van der Waals surface area contributed by atoms with Gasteiger partial charge in [0.25, 0.3) is 0 Å². The van der Waals surface area contributed by atoms with Gasteiger partial charge >= 0.3 is 0 Å². The molecule has 0 saturated heterocycles. The summed E-state index contributed by atoms with van der Waals surface area (Å²) in [6.07, 6.45) is 8.04. The monoisotopic (exact) mass is 252 g/mol. The summed E-state index contributed by atoms with van der Waals surface area (Å²) in [6.45, 7) is 5.31. The first-order valence-electron chi connectivity index (χ1n) is 7.52. The summed E-state index contributed by atoms with van der Waals surface area (Å²) in [4.78, 5) is 12.2. The van der Waals surface area contributed by atoms with Crippen molar-refractivity contribution in [2.45, 2.75) is 64.8 Å². The first-order valence-corrected chi connectivity index (χ1v) is 7.52. The van der Waals surface area contributed by atoms with Crippen molar-refractivity contribution in [2.24, 2.45) is 23.0 Å². The van der Waals surface area contributed by atoms with Crippen LogP contribution in [0.4, 0.5) is 0 Å². The van der Waals surface area contributed by atoms with Gasteiger partial charge in [-0.2, -0.15) is 0 Å². The highest BCUT2D eigenvalue weighted by molar-refractivity contribution is 5.79. The lowest BCUT2D eigenvalue weighted by molar-refractivity contribution is -0.127. The number of carbonyl (C=O) groups excluding carboxylic acids is 1. The Bertz CT molecular complexity index is 293. The van der Waals surface area contributed by atoms with Crippen LogP contribution < -0.4 is 11.1 Å². The molecule has 1 atom stereocenters. The van der Waals surface area contributed by atoms with Crippen molar-refractivity contribution in [3.63, 3.8) is 0 Å². The quantitative estimate of drug-likeness (QED) is 0.810. The van der Waals surface area contributed by atoms with Crippen molar-refractivity contribution in [3.05, 3.63) is 0 Å². The molecule has 0 aromatic rings. The van der Waals surface area contributed by atoms with Gasteiger partial charge in [0, 0.05) is 18.5 Å². The zero-order valence-corrected chi connectivity index (χ0v) is 11.9. The van der Waals surface area contributed by atoms with E-state index in [-0.39, 0.29) is 17.2 Å². The Morgan fingerprint density at radius 2 is 1.89 bits per heavy atom. The van der Waals surface area contributed by atoms with E-state index in [1.165, 1.54) is 25.7 Å². The molecule has 3 N–H and O–H groups in total. The minimum Gasteiger partial charge on any atom is -0.356 e. The second-order valence-corrected chi connectivity index (χ2v) is 6.96. The Kier molecular flexibility index (Phi) is 4.31. The molecule has 0 bridgehead atoms. The van der Waals surface area contributed by atoms with E-state index < -0.39 is 0 Å². The van der Waals surface area contributed by atoms with Crippen LogP contribution in [0.1, 0.15) is 58.8 Å². The summed E-state index contributed by atoms with van der Waals surface area (Å²) in [5.41, 5.74) is 6.09. The third-order valence-corrected chi connectivity index (χ3v) is 5.03. The second-order valence-electron chi connectivity index (χ2n) is 6.96. The number of rotatable bonds is 3. The number of carbonyl (C=O) groups is 1. The molecule has 3 heteroatoms. The van der Waals surface area contributed by atoms with Crippen molar-refractivity contribution in [3.8, 4) is 0 Å². The number of nitrogens with two attached hydrogens (primary N) is 1. The summed E-state index contributed by atoms with van der Waals surface area (Å²) < 4.78 is 0. The third-order valence-electron chi connectivity index (χ3n) is 5.03. The van der Waals surface area contributed by atoms with Crippen LogP contribution in [0.2, 0.25) is 0 Å². The second kappa shape index (κ2) is 5.60. The topological polar surface area (TPSA) is 55.1 Å². The highest BCUT2D eigenvalue weighted by Gasteiger charge is 2.39. The minimum atomic E-state index is 0.193. The Morgan fingerprint density at radius 3 is 2.44 bits per heavy atom. The lowest BCUT2D eigenvalue weighted by atomic mass is 9.81. The van der Waals surface area contributed by atoms with Gasteiger partial charge in [0.15, 0.2) is 0 Å². The maximum Gasteiger partial charge on any atom is 0.223 e. The Balaban J connectivity index is 1.75. The molecule has 0 radical (unpaired) electrons. The minimum absolute atomic E-state index is 0.193. The van der Waals surface area contributed by atoms with Crippen LogP contribution in [0.5, 0.6) is 0 Å². The molecule has 0 heterocycles. The average molecular weight is 252 g/mol. The molecule has 0 aromatic heterocycles. The van der Waals surface area contributed by atoms with Gasteiger partial charge in [0.2, 0.25) is 5.91 Å². The van der Waals surface area contributed by atoms with E-state index in [4.69, 9.17) is 5.73 Å². The first kappa shape index (κ1) is 13.9. The van der Waals surface area contributed by atoms with Crippen molar-refractivity contribution in [1.29, 1.82) is 0 Å². The molecule has 2 rings (SSSR count). The molecule has 0 spiro atoms. The van der Waals surface area contributed by atoms with E-state index in [9.17, 15) is 4.79 Å². The fraction of sp³-hybridized carbons (Fsp3) is 0.933. The molecule has 2 aliphatic rings. The maximum absolute atomic E-state index is 12.2. The Hall–Kier alpha value is -0.570. The van der Waals surface area contributed by atoms with Crippen LogP contribution in [0, 0.1) is 17.3 Å². The van der Waals surface area contributed by atoms with Gasteiger partial charge < -0.3 is 11.1 Å². The summed E-state index contributed by atoms with van der Waals surface area (Å²) in [5, 5.41) is 3.19. The maximum atomic E-state index is 12.2. The number of amides is 1. The van der Waals surface area contributed by atoms with Crippen LogP contribution in [0.15, 0.2) is 0 Å². The van der Waals surface area contributed by atoms with Gasteiger partial charge in [-0.1, -0.05) is 20.3 Å². The first-order chi connectivity index (χ1) is 8.49. The van der Waals surface area contributed by atoms with Crippen LogP contribution in [-0.4, -0.2) is 18.5 Å². The molecule has 0 aromatic carbocycles. The highest BCUT2D eigenvalue weighted by Crippen LogP contribution is 2.42. The van der Waals surface area contributed by atoms with E-state index in [0.29, 0.717) is 12.0 Å². The summed E-state index contributed by atoms with van der Waals surface area (Å²) in [6, 6.07) is 0.394. The van der Waals surface area contributed by atoms with Gasteiger partial charge in [0.1, 0.15) is 0 Å². The van der Waals surface area contributed by atoms with Gasteiger partial charge in [0.05, 0.1) is 0 Å². The largest absolute Gasteiger partial charge is 0.356 e. The average Bonchev–Trinajstić information content (AvgIpc) is 2.68. The van der Waals surface area contributed by atoms with Crippen molar-refractivity contribution in [1.82, 2.24) is 5.32 Å². The Labute approximate surface area is 111 Å². The summed E-state index contributed by atoms with van der Waals surface area (Å²) >= 11 is 0. The molecule has 1 amide bonds. The molecule has 0 aliphatic heterocycles. The standard InChI is InChI=1S/C15H28N2O/c1-15(2)9-3-4-13(15)14(18)17-10-11-5-7-12(16)8-6-11/h11-13H,3-10,16H2,1-2H3,(H,17,18). The number of nitrogens with one attached hydrogen (secondary N) is 1. The predicted molar refractivity (Wildman–Crippen MR) is 74.1 cm³/mol. The third kappa shape index (κ3) is 3.25.